The zero-order valence-corrected chi connectivity index (χ0v) is 15.5. The predicted octanol–water partition coefficient (Wildman–Crippen LogP) is 3.78. The molecule has 0 saturated carbocycles. The average molecular weight is 333 g/mol. The summed E-state index contributed by atoms with van der Waals surface area (Å²) < 4.78 is 11.0. The molecule has 0 spiro atoms. The normalized spacial score (nSPS) is 17.3. The second-order valence-corrected chi connectivity index (χ2v) is 7.72. The van der Waals surface area contributed by atoms with Crippen LogP contribution in [0.15, 0.2) is 24.3 Å². The van der Waals surface area contributed by atoms with E-state index in [1.54, 1.807) is 0 Å². The molecule has 1 aromatic carbocycles. The highest BCUT2D eigenvalue weighted by Crippen LogP contribution is 2.24. The van der Waals surface area contributed by atoms with Crippen LogP contribution in [0.3, 0.4) is 0 Å². The number of ether oxygens (including phenoxy) is 2. The number of benzene rings is 1. The Bertz CT molecular complexity index is 513. The summed E-state index contributed by atoms with van der Waals surface area (Å²) in [6.45, 7) is 11.4. The maximum Gasteiger partial charge on any atom is 0.344 e. The third kappa shape index (κ3) is 6.16. The Labute approximate surface area is 146 Å². The van der Waals surface area contributed by atoms with Crippen LogP contribution in [0.2, 0.25) is 0 Å². The number of piperidine rings is 1. The third-order valence-corrected chi connectivity index (χ3v) is 4.37. The smallest absolute Gasteiger partial charge is 0.344 e. The van der Waals surface area contributed by atoms with Crippen molar-refractivity contribution in [1.82, 2.24) is 4.90 Å². The van der Waals surface area contributed by atoms with Gasteiger partial charge in [0.1, 0.15) is 11.9 Å². The first-order valence-electron chi connectivity index (χ1n) is 9.00. The molecule has 0 unspecified atom stereocenters. The molecule has 4 heteroatoms. The van der Waals surface area contributed by atoms with Gasteiger partial charge in [0.25, 0.3) is 0 Å². The van der Waals surface area contributed by atoms with Crippen molar-refractivity contribution in [1.29, 1.82) is 0 Å². The fourth-order valence-electron chi connectivity index (χ4n) is 2.99. The van der Waals surface area contributed by atoms with Crippen LogP contribution in [0.4, 0.5) is 0 Å². The van der Waals surface area contributed by atoms with Crippen LogP contribution >= 0.6 is 0 Å². The molecule has 1 fully saturated rings. The van der Waals surface area contributed by atoms with Gasteiger partial charge in [0.2, 0.25) is 0 Å². The van der Waals surface area contributed by atoms with E-state index < -0.39 is 0 Å². The summed E-state index contributed by atoms with van der Waals surface area (Å²) in [5, 5.41) is 0. The van der Waals surface area contributed by atoms with Gasteiger partial charge in [-0.1, -0.05) is 39.3 Å². The first kappa shape index (κ1) is 18.8. The van der Waals surface area contributed by atoms with Crippen molar-refractivity contribution in [3.8, 4) is 5.75 Å². The van der Waals surface area contributed by atoms with E-state index in [1.807, 2.05) is 31.2 Å². The minimum Gasteiger partial charge on any atom is -0.482 e. The molecule has 1 aliphatic heterocycles. The van der Waals surface area contributed by atoms with E-state index in [-0.39, 0.29) is 24.1 Å². The summed E-state index contributed by atoms with van der Waals surface area (Å²) in [4.78, 5) is 14.3. The number of rotatable bonds is 6. The Morgan fingerprint density at radius 1 is 1.12 bits per heavy atom. The number of carbonyl (C=O) groups excluding carboxylic acids is 1. The number of nitrogens with zero attached hydrogens (tertiary/aromatic N) is 1. The molecule has 134 valence electrons. The van der Waals surface area contributed by atoms with Crippen LogP contribution < -0.4 is 4.74 Å². The molecule has 2 rings (SSSR count). The first-order chi connectivity index (χ1) is 11.3. The van der Waals surface area contributed by atoms with Gasteiger partial charge >= 0.3 is 5.97 Å². The molecule has 1 atom stereocenters. The van der Waals surface area contributed by atoms with E-state index in [9.17, 15) is 4.79 Å². The van der Waals surface area contributed by atoms with E-state index in [1.165, 1.54) is 24.8 Å². The Morgan fingerprint density at radius 3 is 2.33 bits per heavy atom. The van der Waals surface area contributed by atoms with Gasteiger partial charge in [-0.05, 0) is 56.0 Å². The third-order valence-electron chi connectivity index (χ3n) is 4.37. The molecular weight excluding hydrogens is 302 g/mol. The Kier molecular flexibility index (Phi) is 6.67. The van der Waals surface area contributed by atoms with Crippen LogP contribution in [0.1, 0.15) is 52.5 Å². The molecule has 1 saturated heterocycles. The minimum atomic E-state index is -0.306. The van der Waals surface area contributed by atoms with Crippen molar-refractivity contribution in [3.05, 3.63) is 29.8 Å². The molecule has 24 heavy (non-hydrogen) atoms. The Hall–Kier alpha value is -1.55. The fraction of sp³-hybridized carbons (Fsp3) is 0.650. The summed E-state index contributed by atoms with van der Waals surface area (Å²) in [6, 6.07) is 7.90. The molecule has 0 radical (unpaired) electrons. The van der Waals surface area contributed by atoms with Gasteiger partial charge in [0.05, 0.1) is 0 Å². The number of hydrogen-bond donors (Lipinski definition) is 0. The SMILES string of the molecule is C[C@@H](CN1CCCCC1)OC(=O)COc1ccc(C(C)(C)C)cc1. The van der Waals surface area contributed by atoms with Crippen LogP contribution in [-0.2, 0) is 14.9 Å². The first-order valence-corrected chi connectivity index (χ1v) is 9.00. The second-order valence-electron chi connectivity index (χ2n) is 7.72. The quantitative estimate of drug-likeness (QED) is 0.743. The van der Waals surface area contributed by atoms with Crippen LogP contribution in [-0.4, -0.2) is 43.2 Å². The van der Waals surface area contributed by atoms with Crippen molar-refractivity contribution in [2.45, 2.75) is 58.5 Å². The summed E-state index contributed by atoms with van der Waals surface area (Å²) in [5.74, 6) is 0.392. The zero-order valence-electron chi connectivity index (χ0n) is 15.5. The molecule has 0 aromatic heterocycles. The highest BCUT2D eigenvalue weighted by molar-refractivity contribution is 5.71. The molecule has 0 aliphatic carbocycles. The molecule has 0 bridgehead atoms. The Balaban J connectivity index is 1.72. The molecule has 1 aliphatic rings. The number of likely N-dealkylation sites (tertiary alicyclic amines) is 1. The van der Waals surface area contributed by atoms with Gasteiger partial charge in [-0.25, -0.2) is 4.79 Å². The lowest BCUT2D eigenvalue weighted by Gasteiger charge is -2.28. The summed E-state index contributed by atoms with van der Waals surface area (Å²) in [6.07, 6.45) is 3.71. The maximum atomic E-state index is 11.9. The summed E-state index contributed by atoms with van der Waals surface area (Å²) >= 11 is 0. The highest BCUT2D eigenvalue weighted by atomic mass is 16.6. The molecule has 1 heterocycles. The highest BCUT2D eigenvalue weighted by Gasteiger charge is 2.17. The predicted molar refractivity (Wildman–Crippen MR) is 96.5 cm³/mol. The lowest BCUT2D eigenvalue weighted by atomic mass is 9.87. The topological polar surface area (TPSA) is 38.8 Å². The molecular formula is C20H31NO3. The van der Waals surface area contributed by atoms with Gasteiger partial charge in [-0.3, -0.25) is 4.90 Å². The average Bonchev–Trinajstić information content (AvgIpc) is 2.53. The van der Waals surface area contributed by atoms with Crippen LogP contribution in [0.25, 0.3) is 0 Å². The lowest BCUT2D eigenvalue weighted by Crippen LogP contribution is -2.37. The van der Waals surface area contributed by atoms with Gasteiger partial charge in [-0.2, -0.15) is 0 Å². The summed E-state index contributed by atoms with van der Waals surface area (Å²) in [5.41, 5.74) is 1.36. The van der Waals surface area contributed by atoms with Crippen molar-refractivity contribution < 1.29 is 14.3 Å². The number of hydrogen-bond acceptors (Lipinski definition) is 4. The fourth-order valence-corrected chi connectivity index (χ4v) is 2.99. The molecule has 0 N–H and O–H groups in total. The van der Waals surface area contributed by atoms with Crippen LogP contribution in [0.5, 0.6) is 5.75 Å². The van der Waals surface area contributed by atoms with E-state index in [0.717, 1.165) is 19.6 Å². The Morgan fingerprint density at radius 2 is 1.75 bits per heavy atom. The monoisotopic (exact) mass is 333 g/mol. The number of esters is 1. The van der Waals surface area contributed by atoms with Crippen molar-refractivity contribution in [2.75, 3.05) is 26.2 Å². The largest absolute Gasteiger partial charge is 0.482 e. The molecule has 4 nitrogen and oxygen atoms in total. The lowest BCUT2D eigenvalue weighted by molar-refractivity contribution is -0.151. The van der Waals surface area contributed by atoms with Crippen LogP contribution in [0, 0.1) is 0 Å². The van der Waals surface area contributed by atoms with Gasteiger partial charge in [0, 0.05) is 6.54 Å². The van der Waals surface area contributed by atoms with Crippen molar-refractivity contribution in [2.24, 2.45) is 0 Å². The van der Waals surface area contributed by atoms with E-state index in [4.69, 9.17) is 9.47 Å². The maximum absolute atomic E-state index is 11.9. The van der Waals surface area contributed by atoms with E-state index in [0.29, 0.717) is 5.75 Å². The van der Waals surface area contributed by atoms with Crippen molar-refractivity contribution in [3.63, 3.8) is 0 Å². The van der Waals surface area contributed by atoms with Crippen molar-refractivity contribution >= 4 is 5.97 Å². The van der Waals surface area contributed by atoms with Gasteiger partial charge in [-0.15, -0.1) is 0 Å². The standard InChI is InChI=1S/C20H31NO3/c1-16(14-21-12-6-5-7-13-21)24-19(22)15-23-18-10-8-17(9-11-18)20(2,3)4/h8-11,16H,5-7,12-15H2,1-4H3/t16-/m0/s1. The molecule has 1 aromatic rings. The number of carbonyl (C=O) groups is 1. The minimum absolute atomic E-state index is 0.0425. The van der Waals surface area contributed by atoms with Gasteiger partial charge in [0.15, 0.2) is 6.61 Å². The zero-order chi connectivity index (χ0) is 17.6. The summed E-state index contributed by atoms with van der Waals surface area (Å²) in [7, 11) is 0. The van der Waals surface area contributed by atoms with E-state index >= 15 is 0 Å². The van der Waals surface area contributed by atoms with Gasteiger partial charge < -0.3 is 9.47 Å². The second kappa shape index (κ2) is 8.52. The van der Waals surface area contributed by atoms with E-state index in [2.05, 4.69) is 25.7 Å². The molecule has 0 amide bonds.